The van der Waals surface area contributed by atoms with E-state index >= 15 is 0 Å². The van der Waals surface area contributed by atoms with Crippen LogP contribution < -0.4 is 10.6 Å². The fourth-order valence-corrected chi connectivity index (χ4v) is 2.94. The molecule has 1 aromatic heterocycles. The molecule has 6 nitrogen and oxygen atoms in total. The van der Waals surface area contributed by atoms with Gasteiger partial charge in [-0.05, 0) is 30.6 Å². The van der Waals surface area contributed by atoms with Crippen LogP contribution in [0.25, 0.3) is 0 Å². The number of aromatic nitrogens is 2. The SMILES string of the molecule is O=C(NCC1CC2C=CC1C2)C(=O)Nc1ccn[nH]1. The maximum absolute atomic E-state index is 11.7. The van der Waals surface area contributed by atoms with E-state index in [1.807, 2.05) is 0 Å². The van der Waals surface area contributed by atoms with Crippen LogP contribution in [0.15, 0.2) is 24.4 Å². The van der Waals surface area contributed by atoms with Crippen molar-refractivity contribution in [1.82, 2.24) is 15.5 Å². The summed E-state index contributed by atoms with van der Waals surface area (Å²) in [6.45, 7) is 0.570. The van der Waals surface area contributed by atoms with Gasteiger partial charge in [-0.3, -0.25) is 14.7 Å². The Morgan fingerprint density at radius 2 is 2.21 bits per heavy atom. The van der Waals surface area contributed by atoms with Crippen LogP contribution in [0.4, 0.5) is 5.82 Å². The fourth-order valence-electron chi connectivity index (χ4n) is 2.94. The Morgan fingerprint density at radius 3 is 2.84 bits per heavy atom. The predicted molar refractivity (Wildman–Crippen MR) is 69.1 cm³/mol. The summed E-state index contributed by atoms with van der Waals surface area (Å²) in [4.78, 5) is 23.2. The molecule has 1 fully saturated rings. The molecule has 0 aromatic carbocycles. The molecular formula is C13H16N4O2. The van der Waals surface area contributed by atoms with Gasteiger partial charge in [0.05, 0.1) is 6.20 Å². The molecule has 0 saturated heterocycles. The molecule has 1 heterocycles. The van der Waals surface area contributed by atoms with E-state index in [0.29, 0.717) is 30.1 Å². The summed E-state index contributed by atoms with van der Waals surface area (Å²) < 4.78 is 0. The van der Waals surface area contributed by atoms with Crippen molar-refractivity contribution in [3.05, 3.63) is 24.4 Å². The zero-order chi connectivity index (χ0) is 13.2. The maximum atomic E-state index is 11.7. The van der Waals surface area contributed by atoms with E-state index in [9.17, 15) is 9.59 Å². The molecule has 0 radical (unpaired) electrons. The molecule has 3 rings (SSSR count). The number of fused-ring (bicyclic) bond motifs is 2. The van der Waals surface area contributed by atoms with Crippen molar-refractivity contribution in [2.24, 2.45) is 17.8 Å². The van der Waals surface area contributed by atoms with Gasteiger partial charge in [-0.25, -0.2) is 0 Å². The van der Waals surface area contributed by atoms with Crippen LogP contribution in [0.1, 0.15) is 12.8 Å². The molecule has 0 spiro atoms. The highest BCUT2D eigenvalue weighted by molar-refractivity contribution is 6.39. The number of nitrogens with one attached hydrogen (secondary N) is 3. The van der Waals surface area contributed by atoms with Gasteiger partial charge in [-0.1, -0.05) is 12.2 Å². The monoisotopic (exact) mass is 260 g/mol. The Kier molecular flexibility index (Phi) is 3.06. The number of anilines is 1. The normalized spacial score (nSPS) is 27.5. The van der Waals surface area contributed by atoms with Crippen LogP contribution in [0.2, 0.25) is 0 Å². The largest absolute Gasteiger partial charge is 0.348 e. The molecule has 6 heteroatoms. The van der Waals surface area contributed by atoms with Crippen molar-refractivity contribution < 1.29 is 9.59 Å². The van der Waals surface area contributed by atoms with Crippen molar-refractivity contribution >= 4 is 17.6 Å². The molecule has 3 atom stereocenters. The highest BCUT2D eigenvalue weighted by Crippen LogP contribution is 2.42. The zero-order valence-corrected chi connectivity index (χ0v) is 10.4. The van der Waals surface area contributed by atoms with Crippen molar-refractivity contribution in [2.45, 2.75) is 12.8 Å². The number of allylic oxidation sites excluding steroid dienone is 2. The number of rotatable bonds is 3. The maximum Gasteiger partial charge on any atom is 0.314 e. The number of carbonyl (C=O) groups excluding carboxylic acids is 2. The van der Waals surface area contributed by atoms with Crippen LogP contribution in [0, 0.1) is 17.8 Å². The molecular weight excluding hydrogens is 244 g/mol. The van der Waals surface area contributed by atoms with Gasteiger partial charge < -0.3 is 10.6 Å². The Morgan fingerprint density at radius 1 is 1.32 bits per heavy atom. The lowest BCUT2D eigenvalue weighted by Gasteiger charge is -2.18. The van der Waals surface area contributed by atoms with E-state index in [4.69, 9.17) is 0 Å². The van der Waals surface area contributed by atoms with Crippen LogP contribution in [-0.4, -0.2) is 28.6 Å². The Hall–Kier alpha value is -2.11. The van der Waals surface area contributed by atoms with E-state index in [0.717, 1.165) is 6.42 Å². The fraction of sp³-hybridized carbons (Fsp3) is 0.462. The molecule has 100 valence electrons. The number of hydrogen-bond donors (Lipinski definition) is 3. The minimum absolute atomic E-state index is 0.419. The Balaban J connectivity index is 1.46. The van der Waals surface area contributed by atoms with Crippen LogP contribution in [0.5, 0.6) is 0 Å². The van der Waals surface area contributed by atoms with Gasteiger partial charge in [0.15, 0.2) is 0 Å². The third-order valence-electron chi connectivity index (χ3n) is 3.90. The number of H-pyrrole nitrogens is 1. The zero-order valence-electron chi connectivity index (χ0n) is 10.4. The van der Waals surface area contributed by atoms with Gasteiger partial charge >= 0.3 is 11.8 Å². The molecule has 2 aliphatic rings. The number of hydrogen-bond acceptors (Lipinski definition) is 3. The summed E-state index contributed by atoms with van der Waals surface area (Å²) in [5.74, 6) is 0.873. The van der Waals surface area contributed by atoms with Gasteiger partial charge in [0.25, 0.3) is 0 Å². The average molecular weight is 260 g/mol. The molecule has 2 bridgehead atoms. The third-order valence-corrected chi connectivity index (χ3v) is 3.90. The number of nitrogens with zero attached hydrogens (tertiary/aromatic N) is 1. The first-order valence-electron chi connectivity index (χ1n) is 6.49. The average Bonchev–Trinajstić information content (AvgIpc) is 3.12. The van der Waals surface area contributed by atoms with Gasteiger partial charge in [0.2, 0.25) is 0 Å². The van der Waals surface area contributed by atoms with Crippen molar-refractivity contribution in [2.75, 3.05) is 11.9 Å². The second-order valence-electron chi connectivity index (χ2n) is 5.17. The van der Waals surface area contributed by atoms with Crippen molar-refractivity contribution in [3.8, 4) is 0 Å². The lowest BCUT2D eigenvalue weighted by atomic mass is 9.94. The lowest BCUT2D eigenvalue weighted by molar-refractivity contribution is -0.136. The number of amides is 2. The van der Waals surface area contributed by atoms with Gasteiger partial charge in [0.1, 0.15) is 5.82 Å². The highest BCUT2D eigenvalue weighted by Gasteiger charge is 2.35. The summed E-state index contributed by atoms with van der Waals surface area (Å²) >= 11 is 0. The van der Waals surface area contributed by atoms with Gasteiger partial charge in [-0.2, -0.15) is 5.10 Å². The van der Waals surface area contributed by atoms with Crippen molar-refractivity contribution in [3.63, 3.8) is 0 Å². The smallest absolute Gasteiger partial charge is 0.314 e. The lowest BCUT2D eigenvalue weighted by Crippen LogP contribution is -2.38. The van der Waals surface area contributed by atoms with Gasteiger partial charge in [-0.15, -0.1) is 0 Å². The molecule has 1 saturated carbocycles. The minimum Gasteiger partial charge on any atom is -0.348 e. The molecule has 2 amide bonds. The summed E-state index contributed by atoms with van der Waals surface area (Å²) in [6, 6.07) is 1.59. The van der Waals surface area contributed by atoms with Crippen LogP contribution in [-0.2, 0) is 9.59 Å². The van der Waals surface area contributed by atoms with E-state index < -0.39 is 11.8 Å². The Bertz CT molecular complexity index is 509. The predicted octanol–water partition coefficient (Wildman–Crippen LogP) is 0.677. The van der Waals surface area contributed by atoms with Crippen molar-refractivity contribution in [1.29, 1.82) is 0 Å². The third kappa shape index (κ3) is 2.52. The van der Waals surface area contributed by atoms with E-state index in [2.05, 4.69) is 33.0 Å². The van der Waals surface area contributed by atoms with E-state index in [1.165, 1.54) is 12.6 Å². The van der Waals surface area contributed by atoms with E-state index in [1.54, 1.807) is 6.07 Å². The first-order chi connectivity index (χ1) is 9.22. The topological polar surface area (TPSA) is 86.9 Å². The first-order valence-corrected chi connectivity index (χ1v) is 6.49. The second-order valence-corrected chi connectivity index (χ2v) is 5.17. The summed E-state index contributed by atoms with van der Waals surface area (Å²) in [6.07, 6.45) is 8.31. The molecule has 2 aliphatic carbocycles. The van der Waals surface area contributed by atoms with Crippen LogP contribution in [0.3, 0.4) is 0 Å². The summed E-state index contributed by atoms with van der Waals surface area (Å²) in [7, 11) is 0. The molecule has 1 aromatic rings. The number of aromatic amines is 1. The molecule has 19 heavy (non-hydrogen) atoms. The quantitative estimate of drug-likeness (QED) is 0.551. The second kappa shape index (κ2) is 4.87. The summed E-state index contributed by atoms with van der Waals surface area (Å²) in [5, 5.41) is 11.4. The standard InChI is InChI=1S/C13H16N4O2/c18-12(13(19)16-11-3-4-15-17-11)14-7-10-6-8-1-2-9(10)5-8/h1-4,8-10H,5-7H2,(H,14,18)(H2,15,16,17,19). The Labute approximate surface area is 110 Å². The van der Waals surface area contributed by atoms with E-state index in [-0.39, 0.29) is 0 Å². The van der Waals surface area contributed by atoms with Crippen LogP contribution >= 0.6 is 0 Å². The summed E-state index contributed by atoms with van der Waals surface area (Å²) in [5.41, 5.74) is 0. The van der Waals surface area contributed by atoms with Gasteiger partial charge in [0, 0.05) is 12.6 Å². The molecule has 3 unspecified atom stereocenters. The molecule has 3 N–H and O–H groups in total. The molecule has 0 aliphatic heterocycles. The highest BCUT2D eigenvalue weighted by atomic mass is 16.2. The first kappa shape index (κ1) is 12.0. The minimum atomic E-state index is -0.664. The number of carbonyl (C=O) groups is 2.